The van der Waals surface area contributed by atoms with Crippen molar-refractivity contribution >= 4 is 5.78 Å². The average molecular weight is 169 g/mol. The van der Waals surface area contributed by atoms with Crippen LogP contribution in [0.2, 0.25) is 0 Å². The van der Waals surface area contributed by atoms with Crippen molar-refractivity contribution in [2.75, 3.05) is 13.6 Å². The molecule has 0 atom stereocenters. The second kappa shape index (κ2) is 8.47. The summed E-state index contributed by atoms with van der Waals surface area (Å²) in [5, 5.41) is 3.02. The summed E-state index contributed by atoms with van der Waals surface area (Å²) in [4.78, 5) is 11.1. The largest absolute Gasteiger partial charge is 0.320 e. The standard InChI is InChI=1S/C10H19NO/c1-3-4-5-7-10(12)8-6-9-11-2/h3,11H,1,4-9H2,2H3. The summed E-state index contributed by atoms with van der Waals surface area (Å²) < 4.78 is 0. The van der Waals surface area contributed by atoms with Crippen LogP contribution in [0.1, 0.15) is 32.1 Å². The molecule has 1 N–H and O–H groups in total. The molecule has 0 aromatic carbocycles. The Hall–Kier alpha value is -0.630. The van der Waals surface area contributed by atoms with Gasteiger partial charge < -0.3 is 5.32 Å². The van der Waals surface area contributed by atoms with Gasteiger partial charge in [0.25, 0.3) is 0 Å². The van der Waals surface area contributed by atoms with E-state index in [-0.39, 0.29) is 0 Å². The van der Waals surface area contributed by atoms with Crippen molar-refractivity contribution in [2.24, 2.45) is 0 Å². The molecule has 0 spiro atoms. The minimum atomic E-state index is 0.382. The van der Waals surface area contributed by atoms with Gasteiger partial charge in [0.05, 0.1) is 0 Å². The first kappa shape index (κ1) is 11.4. The van der Waals surface area contributed by atoms with Gasteiger partial charge in [0.2, 0.25) is 0 Å². The summed E-state index contributed by atoms with van der Waals surface area (Å²) in [7, 11) is 1.90. The Morgan fingerprint density at radius 1 is 1.42 bits per heavy atom. The number of rotatable bonds is 8. The zero-order valence-corrected chi connectivity index (χ0v) is 7.94. The molecule has 0 unspecified atom stereocenters. The van der Waals surface area contributed by atoms with Gasteiger partial charge in [-0.2, -0.15) is 0 Å². The van der Waals surface area contributed by atoms with E-state index in [0.717, 1.165) is 38.6 Å². The first-order chi connectivity index (χ1) is 5.81. The van der Waals surface area contributed by atoms with Gasteiger partial charge >= 0.3 is 0 Å². The fourth-order valence-corrected chi connectivity index (χ4v) is 1.03. The Labute approximate surface area is 75.0 Å². The highest BCUT2D eigenvalue weighted by atomic mass is 16.1. The molecule has 0 rings (SSSR count). The molecule has 0 aliphatic carbocycles. The van der Waals surface area contributed by atoms with Crippen molar-refractivity contribution < 1.29 is 4.79 Å². The molecule has 0 aliphatic rings. The lowest BCUT2D eigenvalue weighted by atomic mass is 10.1. The number of carbonyl (C=O) groups excluding carboxylic acids is 1. The van der Waals surface area contributed by atoms with Crippen molar-refractivity contribution in [2.45, 2.75) is 32.1 Å². The minimum Gasteiger partial charge on any atom is -0.320 e. The maximum absolute atomic E-state index is 11.1. The van der Waals surface area contributed by atoms with Crippen LogP contribution < -0.4 is 5.32 Å². The lowest BCUT2D eigenvalue weighted by molar-refractivity contribution is -0.119. The lowest BCUT2D eigenvalue weighted by Gasteiger charge is -1.98. The molecule has 70 valence electrons. The van der Waals surface area contributed by atoms with Crippen molar-refractivity contribution in [3.05, 3.63) is 12.7 Å². The first-order valence-corrected chi connectivity index (χ1v) is 4.58. The SMILES string of the molecule is C=CCCCC(=O)CCCNC. The highest BCUT2D eigenvalue weighted by Crippen LogP contribution is 2.01. The smallest absolute Gasteiger partial charge is 0.132 e. The van der Waals surface area contributed by atoms with Crippen LogP contribution in [0.4, 0.5) is 0 Å². The van der Waals surface area contributed by atoms with Crippen molar-refractivity contribution in [1.29, 1.82) is 0 Å². The number of Topliss-reactive ketones (excluding diaryl/α,β-unsaturated/α-hetero) is 1. The van der Waals surface area contributed by atoms with Gasteiger partial charge in [0.1, 0.15) is 5.78 Å². The van der Waals surface area contributed by atoms with E-state index in [2.05, 4.69) is 11.9 Å². The Balaban J connectivity index is 3.15. The first-order valence-electron chi connectivity index (χ1n) is 4.58. The average Bonchev–Trinajstić information content (AvgIpc) is 2.06. The summed E-state index contributed by atoms with van der Waals surface area (Å²) in [6.07, 6.45) is 6.18. The van der Waals surface area contributed by atoms with E-state index < -0.39 is 0 Å². The quantitative estimate of drug-likeness (QED) is 0.444. The van der Waals surface area contributed by atoms with Gasteiger partial charge in [-0.25, -0.2) is 0 Å². The second-order valence-corrected chi connectivity index (χ2v) is 2.93. The molecular formula is C10H19NO. The maximum atomic E-state index is 11.1. The zero-order chi connectivity index (χ0) is 9.23. The molecule has 2 heteroatoms. The molecular weight excluding hydrogens is 150 g/mol. The van der Waals surface area contributed by atoms with E-state index in [1.807, 2.05) is 13.1 Å². The van der Waals surface area contributed by atoms with E-state index >= 15 is 0 Å². The summed E-state index contributed by atoms with van der Waals surface area (Å²) in [6.45, 7) is 4.55. The zero-order valence-electron chi connectivity index (χ0n) is 7.94. The highest BCUT2D eigenvalue weighted by Gasteiger charge is 1.99. The molecule has 0 aliphatic heterocycles. The summed E-state index contributed by atoms with van der Waals surface area (Å²) in [6, 6.07) is 0. The molecule has 12 heavy (non-hydrogen) atoms. The lowest BCUT2D eigenvalue weighted by Crippen LogP contribution is -2.09. The predicted molar refractivity (Wildman–Crippen MR) is 52.2 cm³/mol. The summed E-state index contributed by atoms with van der Waals surface area (Å²) >= 11 is 0. The molecule has 0 radical (unpaired) electrons. The molecule has 0 fully saturated rings. The van der Waals surface area contributed by atoms with Crippen LogP contribution in [0, 0.1) is 0 Å². The summed E-state index contributed by atoms with van der Waals surface area (Å²) in [5.41, 5.74) is 0. The Morgan fingerprint density at radius 2 is 2.08 bits per heavy atom. The van der Waals surface area contributed by atoms with Crippen LogP contribution >= 0.6 is 0 Å². The van der Waals surface area contributed by atoms with E-state index in [1.165, 1.54) is 0 Å². The number of hydrogen-bond donors (Lipinski definition) is 1. The van der Waals surface area contributed by atoms with Gasteiger partial charge in [0.15, 0.2) is 0 Å². The number of carbonyl (C=O) groups is 1. The van der Waals surface area contributed by atoms with Gasteiger partial charge in [0, 0.05) is 12.8 Å². The van der Waals surface area contributed by atoms with Crippen molar-refractivity contribution in [3.8, 4) is 0 Å². The van der Waals surface area contributed by atoms with E-state index in [9.17, 15) is 4.79 Å². The third kappa shape index (κ3) is 7.48. The molecule has 0 bridgehead atoms. The van der Waals surface area contributed by atoms with Crippen LogP contribution in [-0.4, -0.2) is 19.4 Å². The minimum absolute atomic E-state index is 0.382. The Kier molecular flexibility index (Phi) is 8.02. The topological polar surface area (TPSA) is 29.1 Å². The molecule has 0 amide bonds. The van der Waals surface area contributed by atoms with Crippen molar-refractivity contribution in [1.82, 2.24) is 5.32 Å². The summed E-state index contributed by atoms with van der Waals surface area (Å²) in [5.74, 6) is 0.382. The van der Waals surface area contributed by atoms with E-state index in [4.69, 9.17) is 0 Å². The molecule has 0 aromatic rings. The number of hydrogen-bond acceptors (Lipinski definition) is 2. The second-order valence-electron chi connectivity index (χ2n) is 2.93. The van der Waals surface area contributed by atoms with Crippen LogP contribution in [-0.2, 0) is 4.79 Å². The maximum Gasteiger partial charge on any atom is 0.132 e. The molecule has 0 aromatic heterocycles. The third-order valence-corrected chi connectivity index (χ3v) is 1.75. The van der Waals surface area contributed by atoms with Crippen LogP contribution in [0.15, 0.2) is 12.7 Å². The van der Waals surface area contributed by atoms with E-state index in [0.29, 0.717) is 5.78 Å². The van der Waals surface area contributed by atoms with Crippen LogP contribution in [0.25, 0.3) is 0 Å². The van der Waals surface area contributed by atoms with Crippen molar-refractivity contribution in [3.63, 3.8) is 0 Å². The number of nitrogens with one attached hydrogen (secondary N) is 1. The Morgan fingerprint density at radius 3 is 2.67 bits per heavy atom. The van der Waals surface area contributed by atoms with Gasteiger partial charge in [-0.3, -0.25) is 4.79 Å². The number of ketones is 1. The van der Waals surface area contributed by atoms with Gasteiger partial charge in [-0.1, -0.05) is 6.08 Å². The molecule has 0 heterocycles. The van der Waals surface area contributed by atoms with Gasteiger partial charge in [-0.15, -0.1) is 6.58 Å². The molecule has 0 saturated carbocycles. The van der Waals surface area contributed by atoms with Crippen LogP contribution in [0.5, 0.6) is 0 Å². The fourth-order valence-electron chi connectivity index (χ4n) is 1.03. The molecule has 2 nitrogen and oxygen atoms in total. The van der Waals surface area contributed by atoms with Gasteiger partial charge in [-0.05, 0) is 32.9 Å². The highest BCUT2D eigenvalue weighted by molar-refractivity contribution is 5.78. The fraction of sp³-hybridized carbons (Fsp3) is 0.700. The number of allylic oxidation sites excluding steroid dienone is 1. The predicted octanol–water partition coefficient (Wildman–Crippen LogP) is 1.91. The van der Waals surface area contributed by atoms with Crippen LogP contribution in [0.3, 0.4) is 0 Å². The monoisotopic (exact) mass is 169 g/mol. The normalized spacial score (nSPS) is 9.75. The van der Waals surface area contributed by atoms with E-state index in [1.54, 1.807) is 0 Å². The third-order valence-electron chi connectivity index (χ3n) is 1.75. The Bertz CT molecular complexity index is 132. The molecule has 0 saturated heterocycles. The number of unbranched alkanes of at least 4 members (excludes halogenated alkanes) is 1.